The second-order valence-electron chi connectivity index (χ2n) is 7.77. The second-order valence-corrected chi connectivity index (χ2v) is 7.77. The van der Waals surface area contributed by atoms with Crippen LogP contribution in [-0.4, -0.2) is 44.2 Å². The zero-order chi connectivity index (χ0) is 18.8. The highest BCUT2D eigenvalue weighted by molar-refractivity contribution is 5.54. The van der Waals surface area contributed by atoms with Crippen LogP contribution in [0.15, 0.2) is 24.3 Å². The largest absolute Gasteiger partial charge is 0.493 e. The molecule has 3 atom stereocenters. The second kappa shape index (κ2) is 5.78. The van der Waals surface area contributed by atoms with Crippen molar-refractivity contribution in [3.05, 3.63) is 46.5 Å². The highest BCUT2D eigenvalue weighted by Gasteiger charge is 2.50. The Labute approximate surface area is 158 Å². The first kappa shape index (κ1) is 16.7. The summed E-state index contributed by atoms with van der Waals surface area (Å²) in [7, 11) is 5.51. The van der Waals surface area contributed by atoms with Gasteiger partial charge in [-0.15, -0.1) is 0 Å². The lowest BCUT2D eigenvalue weighted by Crippen LogP contribution is -2.55. The molecule has 27 heavy (non-hydrogen) atoms. The molecule has 0 aliphatic carbocycles. The number of rotatable bonds is 2. The Morgan fingerprint density at radius 1 is 1.07 bits per heavy atom. The van der Waals surface area contributed by atoms with Gasteiger partial charge in [0, 0.05) is 12.0 Å². The van der Waals surface area contributed by atoms with Gasteiger partial charge in [0.05, 0.1) is 33.4 Å². The van der Waals surface area contributed by atoms with Gasteiger partial charge in [-0.1, -0.05) is 6.07 Å². The van der Waals surface area contributed by atoms with Crippen LogP contribution in [0.5, 0.6) is 23.0 Å². The topological polar surface area (TPSA) is 57.2 Å². The maximum Gasteiger partial charge on any atom is 0.231 e. The molecule has 3 aliphatic heterocycles. The van der Waals surface area contributed by atoms with Crippen LogP contribution in [0.1, 0.15) is 34.4 Å². The summed E-state index contributed by atoms with van der Waals surface area (Å²) in [6, 6.07) is 7.94. The summed E-state index contributed by atoms with van der Waals surface area (Å²) in [5, 5.41) is 11.4. The number of methoxy groups -OCH3 is 2. The van der Waals surface area contributed by atoms with Crippen molar-refractivity contribution in [2.45, 2.75) is 25.1 Å². The van der Waals surface area contributed by atoms with Gasteiger partial charge in [0.25, 0.3) is 0 Å². The molecule has 0 bridgehead atoms. The van der Waals surface area contributed by atoms with Crippen LogP contribution >= 0.6 is 0 Å². The predicted octanol–water partition coefficient (Wildman–Crippen LogP) is 2.72. The molecule has 3 aliphatic rings. The zero-order valence-electron chi connectivity index (χ0n) is 15.8. The maximum absolute atomic E-state index is 11.4. The highest BCUT2D eigenvalue weighted by atomic mass is 16.7. The summed E-state index contributed by atoms with van der Waals surface area (Å²) >= 11 is 0. The zero-order valence-corrected chi connectivity index (χ0v) is 15.8. The number of quaternary nitrogens is 1. The van der Waals surface area contributed by atoms with Gasteiger partial charge in [-0.2, -0.15) is 0 Å². The van der Waals surface area contributed by atoms with E-state index in [2.05, 4.69) is 19.2 Å². The van der Waals surface area contributed by atoms with Crippen molar-refractivity contribution in [1.29, 1.82) is 0 Å². The Morgan fingerprint density at radius 2 is 1.85 bits per heavy atom. The van der Waals surface area contributed by atoms with E-state index in [1.54, 1.807) is 14.2 Å². The molecule has 0 aromatic heterocycles. The number of nitrogens with zero attached hydrogens (tertiary/aromatic N) is 1. The molecule has 142 valence electrons. The minimum Gasteiger partial charge on any atom is -0.493 e. The van der Waals surface area contributed by atoms with E-state index >= 15 is 0 Å². The van der Waals surface area contributed by atoms with E-state index in [9.17, 15) is 5.11 Å². The Balaban J connectivity index is 1.67. The molecule has 0 saturated carbocycles. The monoisotopic (exact) mass is 370 g/mol. The number of hydrogen-bond acceptors (Lipinski definition) is 5. The normalized spacial score (nSPS) is 27.4. The molecular weight excluding hydrogens is 346 g/mol. The van der Waals surface area contributed by atoms with Gasteiger partial charge in [-0.3, -0.25) is 0 Å². The molecule has 0 unspecified atom stereocenters. The van der Waals surface area contributed by atoms with E-state index in [0.717, 1.165) is 57.9 Å². The first-order valence-electron chi connectivity index (χ1n) is 9.24. The van der Waals surface area contributed by atoms with Crippen LogP contribution in [-0.2, 0) is 13.0 Å². The van der Waals surface area contributed by atoms with Crippen molar-refractivity contribution in [2.75, 3.05) is 34.6 Å². The fraction of sp³-hybridized carbons (Fsp3) is 0.429. The number of likely N-dealkylation sites (N-methyl/N-ethyl adjacent to an activating group) is 1. The molecule has 0 saturated heterocycles. The molecule has 2 aromatic rings. The standard InChI is InChI=1S/C21H24NO5/c1-22-7-6-12-8-17-18(27-11-26-17)9-14(12)19(22)20(23)13-4-5-16(24-2)21(25-3)15(13)10-22/h4-5,8-9,19-20,23H,6-7,10-11H2,1-3H3/q+1/t19-,20-,22+/m1/s1. The van der Waals surface area contributed by atoms with Gasteiger partial charge in [-0.25, -0.2) is 0 Å². The molecule has 2 aromatic carbocycles. The average Bonchev–Trinajstić information content (AvgIpc) is 3.12. The van der Waals surface area contributed by atoms with Crippen LogP contribution in [0, 0.1) is 0 Å². The van der Waals surface area contributed by atoms with Crippen LogP contribution in [0.25, 0.3) is 0 Å². The molecule has 6 nitrogen and oxygen atoms in total. The molecule has 0 radical (unpaired) electrons. The van der Waals surface area contributed by atoms with E-state index in [1.807, 2.05) is 12.1 Å². The lowest BCUT2D eigenvalue weighted by molar-refractivity contribution is -0.960. The Morgan fingerprint density at radius 3 is 2.59 bits per heavy atom. The van der Waals surface area contributed by atoms with Gasteiger partial charge < -0.3 is 28.5 Å². The molecule has 6 heteroatoms. The number of fused-ring (bicyclic) bond motifs is 5. The first-order valence-corrected chi connectivity index (χ1v) is 9.24. The molecule has 0 amide bonds. The van der Waals surface area contributed by atoms with Crippen LogP contribution in [0.2, 0.25) is 0 Å². The van der Waals surface area contributed by atoms with Gasteiger partial charge in [-0.05, 0) is 29.3 Å². The molecular formula is C21H24NO5+. The third-order valence-corrected chi connectivity index (χ3v) is 6.34. The van der Waals surface area contributed by atoms with Crippen LogP contribution in [0.3, 0.4) is 0 Å². The summed E-state index contributed by atoms with van der Waals surface area (Å²) < 4.78 is 23.0. The fourth-order valence-corrected chi connectivity index (χ4v) is 5.01. The smallest absolute Gasteiger partial charge is 0.231 e. The summed E-state index contributed by atoms with van der Waals surface area (Å²) in [5.74, 6) is 3.01. The SMILES string of the molecule is COc1ccc2c(c1OC)C[N@+]1(C)CCc3cc4c(cc3[C@@H]1[C@@H]2O)OCO4. The van der Waals surface area contributed by atoms with E-state index < -0.39 is 6.10 Å². The van der Waals surface area contributed by atoms with Crippen LogP contribution < -0.4 is 18.9 Å². The van der Waals surface area contributed by atoms with Gasteiger partial charge >= 0.3 is 0 Å². The minimum atomic E-state index is -0.627. The first-order chi connectivity index (χ1) is 13.1. The average molecular weight is 370 g/mol. The number of aliphatic hydroxyl groups is 1. The van der Waals surface area contributed by atoms with E-state index in [-0.39, 0.29) is 12.8 Å². The van der Waals surface area contributed by atoms with Gasteiger partial charge in [0.2, 0.25) is 6.79 Å². The predicted molar refractivity (Wildman–Crippen MR) is 98.3 cm³/mol. The van der Waals surface area contributed by atoms with E-state index in [0.29, 0.717) is 5.75 Å². The lowest BCUT2D eigenvalue weighted by atomic mass is 9.79. The Bertz CT molecular complexity index is 927. The summed E-state index contributed by atoms with van der Waals surface area (Å²) in [6.07, 6.45) is 0.311. The molecule has 0 fully saturated rings. The summed E-state index contributed by atoms with van der Waals surface area (Å²) in [4.78, 5) is 0. The molecule has 1 N–H and O–H groups in total. The third kappa shape index (κ3) is 2.26. The van der Waals surface area contributed by atoms with Crippen molar-refractivity contribution in [1.82, 2.24) is 0 Å². The molecule has 0 spiro atoms. The maximum atomic E-state index is 11.4. The Kier molecular flexibility index (Phi) is 3.58. The summed E-state index contributed by atoms with van der Waals surface area (Å²) in [5.41, 5.74) is 4.34. The van der Waals surface area contributed by atoms with E-state index in [4.69, 9.17) is 18.9 Å². The molecule has 5 rings (SSSR count). The molecule has 3 heterocycles. The van der Waals surface area contributed by atoms with Gasteiger partial charge in [0.15, 0.2) is 23.0 Å². The quantitative estimate of drug-likeness (QED) is 0.824. The third-order valence-electron chi connectivity index (χ3n) is 6.34. The highest BCUT2D eigenvalue weighted by Crippen LogP contribution is 2.53. The van der Waals surface area contributed by atoms with Crippen molar-refractivity contribution >= 4 is 0 Å². The number of aliphatic hydroxyl groups excluding tert-OH is 1. The van der Waals surface area contributed by atoms with Crippen LogP contribution in [0.4, 0.5) is 0 Å². The van der Waals surface area contributed by atoms with Crippen molar-refractivity contribution < 1.29 is 28.5 Å². The number of ether oxygens (including phenoxy) is 4. The number of hydrogen-bond donors (Lipinski definition) is 1. The van der Waals surface area contributed by atoms with Crippen molar-refractivity contribution in [3.8, 4) is 23.0 Å². The minimum absolute atomic E-state index is 0.0474. The number of benzene rings is 2. The summed E-state index contributed by atoms with van der Waals surface area (Å²) in [6.45, 7) is 1.98. The Hall–Kier alpha value is -2.44. The van der Waals surface area contributed by atoms with Crippen molar-refractivity contribution in [2.24, 2.45) is 0 Å². The van der Waals surface area contributed by atoms with Crippen molar-refractivity contribution in [3.63, 3.8) is 0 Å². The van der Waals surface area contributed by atoms with E-state index in [1.165, 1.54) is 5.56 Å². The fourth-order valence-electron chi connectivity index (χ4n) is 5.01. The van der Waals surface area contributed by atoms with Gasteiger partial charge in [0.1, 0.15) is 18.7 Å². The lowest BCUT2D eigenvalue weighted by Gasteiger charge is -2.50.